The first kappa shape index (κ1) is 22.6. The van der Waals surface area contributed by atoms with Gasteiger partial charge in [-0.15, -0.1) is 10.2 Å². The quantitative estimate of drug-likeness (QED) is 0.490. The molecule has 3 rings (SSSR count). The second-order valence-corrected chi connectivity index (χ2v) is 8.15. The number of hydrogen-bond acceptors (Lipinski definition) is 5. The fourth-order valence-corrected chi connectivity index (χ4v) is 3.91. The number of aromatic nitrogens is 3. The zero-order chi connectivity index (χ0) is 22.2. The molecule has 0 aliphatic carbocycles. The average molecular weight is 438 g/mol. The Morgan fingerprint density at radius 2 is 1.77 bits per heavy atom. The Labute approximate surface area is 186 Å². The molecule has 0 saturated carbocycles. The molecular formula is C23H27N5O2S. The lowest BCUT2D eigenvalue weighted by Crippen LogP contribution is -2.16. The number of thioether (sulfide) groups is 1. The highest BCUT2D eigenvalue weighted by molar-refractivity contribution is 7.99. The van der Waals surface area contributed by atoms with Gasteiger partial charge in [-0.25, -0.2) is 0 Å². The topological polar surface area (TPSA) is 88.9 Å². The standard InChI is InChI=1S/C23H27N5O2S/c1-4-28-20(12-13-21(29)24-18-8-6-5-7-9-18)26-27-23(28)31-15-22(30)25-19-14-16(2)10-11-17(19)3/h5-11,14H,4,12-13,15H2,1-3H3,(H,24,29)(H,25,30). The van der Waals surface area contributed by atoms with Gasteiger partial charge >= 0.3 is 0 Å². The second kappa shape index (κ2) is 10.8. The normalized spacial score (nSPS) is 10.7. The van der Waals surface area contributed by atoms with E-state index in [2.05, 4.69) is 20.8 Å². The maximum Gasteiger partial charge on any atom is 0.234 e. The molecule has 2 N–H and O–H groups in total. The van der Waals surface area contributed by atoms with Crippen molar-refractivity contribution >= 4 is 35.0 Å². The third-order valence-electron chi connectivity index (χ3n) is 4.74. The van der Waals surface area contributed by atoms with Crippen LogP contribution in [0, 0.1) is 13.8 Å². The summed E-state index contributed by atoms with van der Waals surface area (Å²) in [5.41, 5.74) is 3.72. The number of aryl methyl sites for hydroxylation is 3. The number of benzene rings is 2. The lowest BCUT2D eigenvalue weighted by atomic mass is 10.1. The molecule has 0 unspecified atom stereocenters. The number of para-hydroxylation sites is 1. The van der Waals surface area contributed by atoms with Crippen LogP contribution in [0.2, 0.25) is 0 Å². The van der Waals surface area contributed by atoms with E-state index in [0.717, 1.165) is 28.3 Å². The van der Waals surface area contributed by atoms with Crippen molar-refractivity contribution in [1.82, 2.24) is 14.8 Å². The van der Waals surface area contributed by atoms with Crippen LogP contribution in [-0.4, -0.2) is 32.3 Å². The van der Waals surface area contributed by atoms with Gasteiger partial charge in [-0.05, 0) is 50.1 Å². The monoisotopic (exact) mass is 437 g/mol. The number of hydrogen-bond donors (Lipinski definition) is 2. The first-order valence-corrected chi connectivity index (χ1v) is 11.2. The van der Waals surface area contributed by atoms with Crippen LogP contribution in [0.1, 0.15) is 30.3 Å². The molecule has 0 aliphatic heterocycles. The van der Waals surface area contributed by atoms with Gasteiger partial charge in [0, 0.05) is 30.8 Å². The van der Waals surface area contributed by atoms with Gasteiger partial charge in [-0.1, -0.05) is 42.1 Å². The maximum atomic E-state index is 12.4. The summed E-state index contributed by atoms with van der Waals surface area (Å²) in [4.78, 5) is 24.6. The molecule has 2 aromatic carbocycles. The molecule has 0 aliphatic rings. The maximum absolute atomic E-state index is 12.4. The van der Waals surface area contributed by atoms with Crippen LogP contribution >= 0.6 is 11.8 Å². The van der Waals surface area contributed by atoms with Crippen LogP contribution in [0.15, 0.2) is 53.7 Å². The SMILES string of the molecule is CCn1c(CCC(=O)Nc2ccccc2)nnc1SCC(=O)Nc1cc(C)ccc1C. The van der Waals surface area contributed by atoms with Gasteiger partial charge in [0.15, 0.2) is 5.16 Å². The lowest BCUT2D eigenvalue weighted by Gasteiger charge is -2.10. The Hall–Kier alpha value is -3.13. The highest BCUT2D eigenvalue weighted by Crippen LogP contribution is 2.20. The van der Waals surface area contributed by atoms with Crippen LogP contribution < -0.4 is 10.6 Å². The summed E-state index contributed by atoms with van der Waals surface area (Å²) in [6.45, 7) is 6.63. The van der Waals surface area contributed by atoms with Crippen LogP contribution in [-0.2, 0) is 22.6 Å². The molecule has 7 nitrogen and oxygen atoms in total. The Kier molecular flexibility index (Phi) is 7.83. The molecule has 0 atom stereocenters. The van der Waals surface area contributed by atoms with Crippen LogP contribution in [0.25, 0.3) is 0 Å². The minimum atomic E-state index is -0.0897. The summed E-state index contributed by atoms with van der Waals surface area (Å²) in [5.74, 6) is 0.815. The van der Waals surface area contributed by atoms with E-state index in [1.54, 1.807) is 0 Å². The summed E-state index contributed by atoms with van der Waals surface area (Å²) in [6, 6.07) is 15.3. The Morgan fingerprint density at radius 1 is 1.00 bits per heavy atom. The Bertz CT molecular complexity index is 1050. The van der Waals surface area contributed by atoms with Crippen molar-refractivity contribution in [2.24, 2.45) is 0 Å². The third-order valence-corrected chi connectivity index (χ3v) is 5.71. The zero-order valence-corrected chi connectivity index (χ0v) is 18.8. The van der Waals surface area contributed by atoms with Crippen LogP contribution in [0.5, 0.6) is 0 Å². The molecule has 0 bridgehead atoms. The van der Waals surface area contributed by atoms with Gasteiger partial charge in [-0.3, -0.25) is 9.59 Å². The number of amides is 2. The molecule has 0 fully saturated rings. The molecule has 0 radical (unpaired) electrons. The van der Waals surface area contributed by atoms with Crippen LogP contribution in [0.4, 0.5) is 11.4 Å². The molecule has 0 saturated heterocycles. The van der Waals surface area contributed by atoms with Crippen molar-refractivity contribution in [3.63, 3.8) is 0 Å². The number of nitrogens with zero attached hydrogens (tertiary/aromatic N) is 3. The fraction of sp³-hybridized carbons (Fsp3) is 0.304. The summed E-state index contributed by atoms with van der Waals surface area (Å²) in [6.07, 6.45) is 0.791. The average Bonchev–Trinajstić information content (AvgIpc) is 3.16. The van der Waals surface area contributed by atoms with Gasteiger partial charge in [0.25, 0.3) is 0 Å². The predicted octanol–water partition coefficient (Wildman–Crippen LogP) is 4.22. The van der Waals surface area contributed by atoms with E-state index >= 15 is 0 Å². The smallest absolute Gasteiger partial charge is 0.234 e. The second-order valence-electron chi connectivity index (χ2n) is 7.21. The van der Waals surface area contributed by atoms with Gasteiger partial charge in [0.2, 0.25) is 11.8 Å². The van der Waals surface area contributed by atoms with Gasteiger partial charge < -0.3 is 15.2 Å². The van der Waals surface area contributed by atoms with E-state index in [1.807, 2.05) is 73.9 Å². The van der Waals surface area contributed by atoms with Crippen molar-refractivity contribution < 1.29 is 9.59 Å². The Balaban J connectivity index is 1.54. The van der Waals surface area contributed by atoms with E-state index in [4.69, 9.17) is 0 Å². The lowest BCUT2D eigenvalue weighted by molar-refractivity contribution is -0.116. The molecule has 3 aromatic rings. The zero-order valence-electron chi connectivity index (χ0n) is 18.0. The van der Waals surface area contributed by atoms with Gasteiger partial charge in [0.1, 0.15) is 5.82 Å². The minimum Gasteiger partial charge on any atom is -0.326 e. The third kappa shape index (κ3) is 6.42. The number of carbonyl (C=O) groups is 2. The number of carbonyl (C=O) groups excluding carboxylic acids is 2. The summed E-state index contributed by atoms with van der Waals surface area (Å²) in [5, 5.41) is 15.0. The van der Waals surface area contributed by atoms with Crippen LogP contribution in [0.3, 0.4) is 0 Å². The molecule has 8 heteroatoms. The number of anilines is 2. The number of nitrogens with one attached hydrogen (secondary N) is 2. The van der Waals surface area contributed by atoms with Crippen molar-refractivity contribution in [2.45, 2.75) is 45.3 Å². The van der Waals surface area contributed by atoms with Crippen molar-refractivity contribution in [1.29, 1.82) is 0 Å². The van der Waals surface area contributed by atoms with E-state index in [1.165, 1.54) is 11.8 Å². The first-order chi connectivity index (χ1) is 15.0. The minimum absolute atomic E-state index is 0.0704. The molecule has 0 spiro atoms. The first-order valence-electron chi connectivity index (χ1n) is 10.2. The van der Waals surface area contributed by atoms with Gasteiger partial charge in [0.05, 0.1) is 5.75 Å². The number of rotatable bonds is 9. The summed E-state index contributed by atoms with van der Waals surface area (Å²) < 4.78 is 1.95. The van der Waals surface area contributed by atoms with E-state index < -0.39 is 0 Å². The van der Waals surface area contributed by atoms with Crippen molar-refractivity contribution in [2.75, 3.05) is 16.4 Å². The highest BCUT2D eigenvalue weighted by atomic mass is 32.2. The molecule has 1 heterocycles. The van der Waals surface area contributed by atoms with Crippen molar-refractivity contribution in [3.05, 3.63) is 65.5 Å². The largest absolute Gasteiger partial charge is 0.326 e. The molecule has 1 aromatic heterocycles. The Morgan fingerprint density at radius 3 is 2.52 bits per heavy atom. The fourth-order valence-electron chi connectivity index (χ4n) is 3.09. The summed E-state index contributed by atoms with van der Waals surface area (Å²) >= 11 is 1.34. The molecule has 31 heavy (non-hydrogen) atoms. The van der Waals surface area contributed by atoms with E-state index in [0.29, 0.717) is 24.5 Å². The predicted molar refractivity (Wildman–Crippen MR) is 124 cm³/mol. The van der Waals surface area contributed by atoms with E-state index in [-0.39, 0.29) is 17.6 Å². The summed E-state index contributed by atoms with van der Waals surface area (Å²) in [7, 11) is 0. The molecular weight excluding hydrogens is 410 g/mol. The van der Waals surface area contributed by atoms with Gasteiger partial charge in [-0.2, -0.15) is 0 Å². The molecule has 162 valence electrons. The van der Waals surface area contributed by atoms with E-state index in [9.17, 15) is 9.59 Å². The highest BCUT2D eigenvalue weighted by Gasteiger charge is 2.15. The van der Waals surface area contributed by atoms with Crippen molar-refractivity contribution in [3.8, 4) is 0 Å². The molecule has 2 amide bonds.